The van der Waals surface area contributed by atoms with Crippen molar-refractivity contribution in [2.45, 2.75) is 64.0 Å². The van der Waals surface area contributed by atoms with E-state index >= 15 is 0 Å². The summed E-state index contributed by atoms with van der Waals surface area (Å²) in [6, 6.07) is 0.635. The summed E-state index contributed by atoms with van der Waals surface area (Å²) in [6.45, 7) is 2.94. The molecule has 92 valence electrons. The minimum Gasteiger partial charge on any atom is -0.340 e. The van der Waals surface area contributed by atoms with Crippen LogP contribution in [-0.2, 0) is 4.79 Å². The number of carbonyl (C=O) groups is 1. The average Bonchev–Trinajstić information content (AvgIpc) is 3.07. The van der Waals surface area contributed by atoms with Gasteiger partial charge in [0.2, 0.25) is 5.91 Å². The Morgan fingerprint density at radius 1 is 1.19 bits per heavy atom. The fraction of sp³-hybridized carbons (Fsp3) is 0.923. The van der Waals surface area contributed by atoms with Gasteiger partial charge >= 0.3 is 0 Å². The van der Waals surface area contributed by atoms with Gasteiger partial charge in [-0.1, -0.05) is 19.3 Å². The summed E-state index contributed by atoms with van der Waals surface area (Å²) >= 11 is 0. The molecule has 0 aromatic heterocycles. The monoisotopic (exact) mass is 224 g/mol. The lowest BCUT2D eigenvalue weighted by Gasteiger charge is -2.28. The normalized spacial score (nSPS) is 30.9. The molecule has 2 aliphatic rings. The standard InChI is InChI=1S/C13H24N2O/c1-2-15(10-8-9-10)13(16)11-6-4-3-5-7-12(11)14/h10-12H,2-9,14H2,1H3. The molecule has 3 nitrogen and oxygen atoms in total. The zero-order valence-corrected chi connectivity index (χ0v) is 10.3. The van der Waals surface area contributed by atoms with Gasteiger partial charge in [-0.2, -0.15) is 0 Å². The van der Waals surface area contributed by atoms with Crippen LogP contribution in [0.15, 0.2) is 0 Å². The topological polar surface area (TPSA) is 46.3 Å². The van der Waals surface area contributed by atoms with Gasteiger partial charge in [-0.05, 0) is 32.6 Å². The third kappa shape index (κ3) is 2.57. The molecule has 3 heteroatoms. The van der Waals surface area contributed by atoms with Crippen LogP contribution in [0.4, 0.5) is 0 Å². The van der Waals surface area contributed by atoms with E-state index in [1.165, 1.54) is 32.1 Å². The van der Waals surface area contributed by atoms with Crippen LogP contribution in [0.5, 0.6) is 0 Å². The van der Waals surface area contributed by atoms with E-state index in [0.717, 1.165) is 19.4 Å². The molecule has 2 saturated carbocycles. The van der Waals surface area contributed by atoms with E-state index < -0.39 is 0 Å². The van der Waals surface area contributed by atoms with Crippen LogP contribution in [0.25, 0.3) is 0 Å². The molecular weight excluding hydrogens is 200 g/mol. The molecular formula is C13H24N2O. The van der Waals surface area contributed by atoms with Crippen LogP contribution in [0.2, 0.25) is 0 Å². The molecule has 0 heterocycles. The summed E-state index contributed by atoms with van der Waals surface area (Å²) in [7, 11) is 0. The molecule has 0 aromatic rings. The predicted octanol–water partition coefficient (Wildman–Crippen LogP) is 1.90. The second kappa shape index (κ2) is 5.17. The van der Waals surface area contributed by atoms with Crippen LogP contribution in [0, 0.1) is 5.92 Å². The van der Waals surface area contributed by atoms with Crippen molar-refractivity contribution in [2.24, 2.45) is 11.7 Å². The number of hydrogen-bond acceptors (Lipinski definition) is 2. The smallest absolute Gasteiger partial charge is 0.227 e. The molecule has 2 unspecified atom stereocenters. The number of hydrogen-bond donors (Lipinski definition) is 1. The molecule has 0 aliphatic heterocycles. The molecule has 0 bridgehead atoms. The second-order valence-corrected chi connectivity index (χ2v) is 5.26. The van der Waals surface area contributed by atoms with Crippen molar-refractivity contribution in [2.75, 3.05) is 6.54 Å². The van der Waals surface area contributed by atoms with E-state index in [9.17, 15) is 4.79 Å². The van der Waals surface area contributed by atoms with Gasteiger partial charge in [0.15, 0.2) is 0 Å². The van der Waals surface area contributed by atoms with Gasteiger partial charge in [0.1, 0.15) is 0 Å². The van der Waals surface area contributed by atoms with E-state index in [-0.39, 0.29) is 12.0 Å². The molecule has 2 rings (SSSR count). The first-order valence-corrected chi connectivity index (χ1v) is 6.80. The maximum absolute atomic E-state index is 12.4. The Labute approximate surface area is 98.4 Å². The zero-order chi connectivity index (χ0) is 11.5. The van der Waals surface area contributed by atoms with Crippen molar-refractivity contribution < 1.29 is 4.79 Å². The number of carbonyl (C=O) groups excluding carboxylic acids is 1. The van der Waals surface area contributed by atoms with Crippen LogP contribution < -0.4 is 5.73 Å². The van der Waals surface area contributed by atoms with Crippen molar-refractivity contribution in [1.29, 1.82) is 0 Å². The minimum absolute atomic E-state index is 0.0998. The maximum Gasteiger partial charge on any atom is 0.227 e. The number of amides is 1. The highest BCUT2D eigenvalue weighted by atomic mass is 16.2. The Morgan fingerprint density at radius 3 is 2.50 bits per heavy atom. The SMILES string of the molecule is CCN(C(=O)C1CCCCCC1N)C1CC1. The first-order valence-electron chi connectivity index (χ1n) is 6.80. The summed E-state index contributed by atoms with van der Waals surface area (Å²) in [5.74, 6) is 0.433. The predicted molar refractivity (Wildman–Crippen MR) is 65.0 cm³/mol. The summed E-state index contributed by atoms with van der Waals surface area (Å²) in [6.07, 6.45) is 8.03. The van der Waals surface area contributed by atoms with Gasteiger partial charge < -0.3 is 10.6 Å². The molecule has 0 saturated heterocycles. The molecule has 16 heavy (non-hydrogen) atoms. The van der Waals surface area contributed by atoms with Crippen molar-refractivity contribution in [3.05, 3.63) is 0 Å². The fourth-order valence-corrected chi connectivity index (χ4v) is 2.84. The number of nitrogens with zero attached hydrogens (tertiary/aromatic N) is 1. The highest BCUT2D eigenvalue weighted by molar-refractivity contribution is 5.80. The number of nitrogens with two attached hydrogens (primary N) is 1. The first-order chi connectivity index (χ1) is 7.74. The lowest BCUT2D eigenvalue weighted by molar-refractivity contribution is -0.136. The van der Waals surface area contributed by atoms with E-state index in [1.54, 1.807) is 0 Å². The Morgan fingerprint density at radius 2 is 1.88 bits per heavy atom. The molecule has 2 fully saturated rings. The van der Waals surface area contributed by atoms with Gasteiger partial charge in [0.05, 0.1) is 5.92 Å². The summed E-state index contributed by atoms with van der Waals surface area (Å²) in [5.41, 5.74) is 6.15. The quantitative estimate of drug-likeness (QED) is 0.744. The van der Waals surface area contributed by atoms with E-state index in [0.29, 0.717) is 11.9 Å². The van der Waals surface area contributed by atoms with Crippen LogP contribution in [-0.4, -0.2) is 29.4 Å². The van der Waals surface area contributed by atoms with Crippen LogP contribution in [0.3, 0.4) is 0 Å². The van der Waals surface area contributed by atoms with E-state index in [4.69, 9.17) is 5.73 Å². The van der Waals surface area contributed by atoms with Crippen molar-refractivity contribution >= 4 is 5.91 Å². The molecule has 1 amide bonds. The second-order valence-electron chi connectivity index (χ2n) is 5.26. The Balaban J connectivity index is 1.99. The minimum atomic E-state index is 0.0998. The third-order valence-electron chi connectivity index (χ3n) is 4.00. The Hall–Kier alpha value is -0.570. The lowest BCUT2D eigenvalue weighted by Crippen LogP contribution is -2.44. The molecule has 2 N–H and O–H groups in total. The van der Waals surface area contributed by atoms with Gasteiger partial charge in [-0.15, -0.1) is 0 Å². The zero-order valence-electron chi connectivity index (χ0n) is 10.3. The average molecular weight is 224 g/mol. The molecule has 0 aromatic carbocycles. The number of rotatable bonds is 3. The van der Waals surface area contributed by atoms with E-state index in [2.05, 4.69) is 11.8 Å². The Bertz CT molecular complexity index is 250. The highest BCUT2D eigenvalue weighted by Crippen LogP contribution is 2.31. The van der Waals surface area contributed by atoms with Crippen molar-refractivity contribution in [3.63, 3.8) is 0 Å². The third-order valence-corrected chi connectivity index (χ3v) is 4.00. The highest BCUT2D eigenvalue weighted by Gasteiger charge is 2.37. The molecule has 2 aliphatic carbocycles. The van der Waals surface area contributed by atoms with Crippen LogP contribution in [0.1, 0.15) is 51.9 Å². The van der Waals surface area contributed by atoms with Crippen molar-refractivity contribution in [1.82, 2.24) is 4.90 Å². The largest absolute Gasteiger partial charge is 0.340 e. The van der Waals surface area contributed by atoms with Gasteiger partial charge in [0.25, 0.3) is 0 Å². The summed E-state index contributed by atoms with van der Waals surface area (Å²) < 4.78 is 0. The fourth-order valence-electron chi connectivity index (χ4n) is 2.84. The lowest BCUT2D eigenvalue weighted by atomic mass is 9.94. The molecule has 0 spiro atoms. The van der Waals surface area contributed by atoms with Crippen molar-refractivity contribution in [3.8, 4) is 0 Å². The molecule has 0 radical (unpaired) electrons. The Kier molecular flexibility index (Phi) is 3.85. The summed E-state index contributed by atoms with van der Waals surface area (Å²) in [4.78, 5) is 14.5. The summed E-state index contributed by atoms with van der Waals surface area (Å²) in [5, 5.41) is 0. The van der Waals surface area contributed by atoms with Crippen LogP contribution >= 0.6 is 0 Å². The van der Waals surface area contributed by atoms with E-state index in [1.807, 2.05) is 0 Å². The molecule has 2 atom stereocenters. The van der Waals surface area contributed by atoms with Gasteiger partial charge in [-0.25, -0.2) is 0 Å². The first kappa shape index (κ1) is 11.9. The van der Waals surface area contributed by atoms with Gasteiger partial charge in [-0.3, -0.25) is 4.79 Å². The maximum atomic E-state index is 12.4. The van der Waals surface area contributed by atoms with Gasteiger partial charge in [0, 0.05) is 18.6 Å².